The van der Waals surface area contributed by atoms with E-state index in [0.717, 1.165) is 69.4 Å². The van der Waals surface area contributed by atoms with Crippen molar-refractivity contribution in [1.29, 1.82) is 0 Å². The number of nitrogens with zero attached hydrogens (tertiary/aromatic N) is 2. The molecule has 2 aliphatic rings. The van der Waals surface area contributed by atoms with Crippen LogP contribution in [0.1, 0.15) is 51.0 Å². The highest BCUT2D eigenvalue weighted by Gasteiger charge is 2.39. The van der Waals surface area contributed by atoms with E-state index < -0.39 is 27.8 Å². The number of alkyl halides is 3. The average molecular weight is 553 g/mol. The smallest absolute Gasteiger partial charge is 0.382 e. The number of piperidine rings is 1. The Morgan fingerprint density at radius 1 is 1.11 bits per heavy atom. The van der Waals surface area contributed by atoms with E-state index in [-0.39, 0.29) is 17.6 Å². The second-order valence-electron chi connectivity index (χ2n) is 10.6. The van der Waals surface area contributed by atoms with Gasteiger partial charge in [0, 0.05) is 53.6 Å². The Labute approximate surface area is 224 Å². The molecule has 0 atom stereocenters. The molecule has 1 saturated carbocycles. The predicted molar refractivity (Wildman–Crippen MR) is 141 cm³/mol. The van der Waals surface area contributed by atoms with Crippen molar-refractivity contribution in [1.82, 2.24) is 5.32 Å². The molecule has 1 aliphatic heterocycles. The first kappa shape index (κ1) is 28.0. The van der Waals surface area contributed by atoms with Crippen LogP contribution in [0.4, 0.5) is 30.2 Å². The molecule has 0 aromatic heterocycles. The molecule has 2 aromatic carbocycles. The average Bonchev–Trinajstić information content (AvgIpc) is 2.88. The zero-order valence-electron chi connectivity index (χ0n) is 21.2. The summed E-state index contributed by atoms with van der Waals surface area (Å²) < 4.78 is 39.8. The van der Waals surface area contributed by atoms with Crippen molar-refractivity contribution >= 4 is 34.6 Å². The fourth-order valence-electron chi connectivity index (χ4n) is 5.35. The lowest BCUT2D eigenvalue weighted by atomic mass is 9.79. The molecule has 2 aromatic rings. The van der Waals surface area contributed by atoms with Crippen LogP contribution in [0.15, 0.2) is 42.5 Å². The second kappa shape index (κ2) is 11.4. The van der Waals surface area contributed by atoms with Crippen LogP contribution in [-0.2, 0) is 11.0 Å². The fourth-order valence-corrected chi connectivity index (χ4v) is 5.47. The summed E-state index contributed by atoms with van der Waals surface area (Å²) in [6.45, 7) is 4.18. The van der Waals surface area contributed by atoms with Gasteiger partial charge in [0.15, 0.2) is 0 Å². The summed E-state index contributed by atoms with van der Waals surface area (Å²) in [6, 6.07) is 10.7. The SMILES string of the molecule is CC1(C(=O)NCC2CCC(Nc3ccc([N+](=O)[O-])c(C(F)(F)F)c3)CC2)CCN(c2ccc(Cl)cc2)CC1. The van der Waals surface area contributed by atoms with Gasteiger partial charge in [0.2, 0.25) is 5.91 Å². The largest absolute Gasteiger partial charge is 0.423 e. The molecule has 2 fully saturated rings. The molecule has 2 N–H and O–H groups in total. The van der Waals surface area contributed by atoms with Gasteiger partial charge in [-0.15, -0.1) is 0 Å². The van der Waals surface area contributed by atoms with Gasteiger partial charge < -0.3 is 15.5 Å². The van der Waals surface area contributed by atoms with Gasteiger partial charge >= 0.3 is 6.18 Å². The number of hydrogen-bond donors (Lipinski definition) is 2. The van der Waals surface area contributed by atoms with Gasteiger partial charge in [-0.1, -0.05) is 18.5 Å². The molecule has 4 rings (SSSR count). The summed E-state index contributed by atoms with van der Waals surface area (Å²) in [5.41, 5.74) is -1.31. The molecular formula is C27H32ClF3N4O3. The number of amides is 1. The Kier molecular flexibility index (Phi) is 8.40. The predicted octanol–water partition coefficient (Wildman–Crippen LogP) is 6.66. The van der Waals surface area contributed by atoms with Crippen LogP contribution in [0, 0.1) is 21.4 Å². The Morgan fingerprint density at radius 3 is 2.32 bits per heavy atom. The van der Waals surface area contributed by atoms with Crippen LogP contribution in [0.3, 0.4) is 0 Å². The number of nitro groups is 1. The van der Waals surface area contributed by atoms with Gasteiger partial charge in [-0.3, -0.25) is 14.9 Å². The van der Waals surface area contributed by atoms with Crippen LogP contribution in [0.2, 0.25) is 5.02 Å². The number of halogens is 4. The van der Waals surface area contributed by atoms with E-state index in [1.165, 1.54) is 6.07 Å². The molecule has 1 saturated heterocycles. The lowest BCUT2D eigenvalue weighted by Crippen LogP contribution is -2.48. The standard InChI is InChI=1S/C27H32ClF3N4O3/c1-26(12-14-34(15-13-26)22-9-4-19(28)5-10-22)25(36)32-17-18-2-6-20(7-3-18)33-21-8-11-24(35(37)38)23(16-21)27(29,30)31/h4-5,8-11,16,18,20,33H,2-3,6-7,12-15,17H2,1H3,(H,32,36). The van der Waals surface area contributed by atoms with Crippen molar-refractivity contribution in [3.05, 3.63) is 63.2 Å². The molecule has 1 heterocycles. The monoisotopic (exact) mass is 552 g/mol. The Morgan fingerprint density at radius 2 is 1.74 bits per heavy atom. The molecule has 0 radical (unpaired) electrons. The molecule has 38 heavy (non-hydrogen) atoms. The third-order valence-electron chi connectivity index (χ3n) is 7.87. The maximum absolute atomic E-state index is 13.3. The number of carbonyl (C=O) groups is 1. The van der Waals surface area contributed by atoms with Gasteiger partial charge in [0.1, 0.15) is 5.56 Å². The molecule has 0 bridgehead atoms. The maximum atomic E-state index is 13.3. The number of benzene rings is 2. The quantitative estimate of drug-likeness (QED) is 0.296. The molecule has 11 heteroatoms. The Hall–Kier alpha value is -3.01. The van der Waals surface area contributed by atoms with E-state index >= 15 is 0 Å². The third-order valence-corrected chi connectivity index (χ3v) is 8.13. The number of rotatable bonds is 7. The van der Waals surface area contributed by atoms with E-state index in [1.807, 2.05) is 31.2 Å². The minimum Gasteiger partial charge on any atom is -0.382 e. The van der Waals surface area contributed by atoms with E-state index in [2.05, 4.69) is 15.5 Å². The highest BCUT2D eigenvalue weighted by Crippen LogP contribution is 2.38. The number of carbonyl (C=O) groups excluding carboxylic acids is 1. The normalized spacial score (nSPS) is 21.6. The van der Waals surface area contributed by atoms with Gasteiger partial charge in [0.25, 0.3) is 5.69 Å². The lowest BCUT2D eigenvalue weighted by molar-refractivity contribution is -0.388. The highest BCUT2D eigenvalue weighted by atomic mass is 35.5. The van der Waals surface area contributed by atoms with E-state index in [1.54, 1.807) is 0 Å². The number of anilines is 2. The van der Waals surface area contributed by atoms with Gasteiger partial charge in [0.05, 0.1) is 4.92 Å². The van der Waals surface area contributed by atoms with Gasteiger partial charge in [-0.25, -0.2) is 0 Å². The molecule has 7 nitrogen and oxygen atoms in total. The zero-order chi connectivity index (χ0) is 27.5. The van der Waals surface area contributed by atoms with Crippen molar-refractivity contribution in [2.75, 3.05) is 29.9 Å². The highest BCUT2D eigenvalue weighted by molar-refractivity contribution is 6.30. The van der Waals surface area contributed by atoms with E-state index in [4.69, 9.17) is 11.6 Å². The molecule has 1 amide bonds. The van der Waals surface area contributed by atoms with Crippen molar-refractivity contribution in [3.8, 4) is 0 Å². The Bertz CT molecular complexity index is 1140. The third kappa shape index (κ3) is 6.70. The lowest BCUT2D eigenvalue weighted by Gasteiger charge is -2.39. The molecule has 0 spiro atoms. The minimum absolute atomic E-state index is 0.0285. The second-order valence-corrected chi connectivity index (χ2v) is 11.0. The van der Waals surface area contributed by atoms with Gasteiger partial charge in [-0.05, 0) is 80.8 Å². The van der Waals surface area contributed by atoms with Crippen LogP contribution < -0.4 is 15.5 Å². The summed E-state index contributed by atoms with van der Waals surface area (Å²) in [6.07, 6.45) is -0.145. The van der Waals surface area contributed by atoms with E-state index in [9.17, 15) is 28.1 Å². The molecular weight excluding hydrogens is 521 g/mol. The minimum atomic E-state index is -4.81. The van der Waals surface area contributed by atoms with Crippen molar-refractivity contribution < 1.29 is 22.9 Å². The molecule has 206 valence electrons. The first-order valence-electron chi connectivity index (χ1n) is 12.9. The Balaban J connectivity index is 1.23. The summed E-state index contributed by atoms with van der Waals surface area (Å²) >= 11 is 5.98. The van der Waals surface area contributed by atoms with E-state index in [0.29, 0.717) is 17.5 Å². The molecule has 0 unspecified atom stereocenters. The van der Waals surface area contributed by atoms with Crippen LogP contribution in [-0.4, -0.2) is 36.5 Å². The number of hydrogen-bond acceptors (Lipinski definition) is 5. The van der Waals surface area contributed by atoms with Crippen molar-refractivity contribution in [2.45, 2.75) is 57.7 Å². The zero-order valence-corrected chi connectivity index (χ0v) is 21.9. The van der Waals surface area contributed by atoms with Crippen LogP contribution in [0.5, 0.6) is 0 Å². The van der Waals surface area contributed by atoms with Crippen molar-refractivity contribution in [3.63, 3.8) is 0 Å². The van der Waals surface area contributed by atoms with Gasteiger partial charge in [-0.2, -0.15) is 13.2 Å². The first-order chi connectivity index (χ1) is 17.9. The fraction of sp³-hybridized carbons (Fsp3) is 0.519. The number of nitro benzene ring substituents is 1. The summed E-state index contributed by atoms with van der Waals surface area (Å²) in [4.78, 5) is 25.3. The first-order valence-corrected chi connectivity index (χ1v) is 13.2. The molecule has 1 aliphatic carbocycles. The summed E-state index contributed by atoms with van der Waals surface area (Å²) in [5.74, 6) is 0.372. The van der Waals surface area contributed by atoms with Crippen LogP contribution in [0.25, 0.3) is 0 Å². The van der Waals surface area contributed by atoms with Crippen molar-refractivity contribution in [2.24, 2.45) is 11.3 Å². The number of nitrogens with one attached hydrogen (secondary N) is 2. The van der Waals surface area contributed by atoms with Crippen LogP contribution >= 0.6 is 11.6 Å². The topological polar surface area (TPSA) is 87.5 Å². The summed E-state index contributed by atoms with van der Waals surface area (Å²) in [5, 5.41) is 17.9. The summed E-state index contributed by atoms with van der Waals surface area (Å²) in [7, 11) is 0. The maximum Gasteiger partial charge on any atom is 0.423 e.